The van der Waals surface area contributed by atoms with E-state index in [4.69, 9.17) is 21.1 Å². The number of hydrogen-bond acceptors (Lipinski definition) is 5. The minimum atomic E-state index is -0.902. The van der Waals surface area contributed by atoms with E-state index in [-0.39, 0.29) is 5.78 Å². The van der Waals surface area contributed by atoms with Gasteiger partial charge in [0, 0.05) is 16.1 Å². The number of nitrogens with one attached hydrogen (secondary N) is 1. The van der Waals surface area contributed by atoms with E-state index in [0.717, 1.165) is 0 Å². The van der Waals surface area contributed by atoms with Crippen LogP contribution in [0.2, 0.25) is 5.02 Å². The number of hydrogen-bond donors (Lipinski definition) is 1. The van der Waals surface area contributed by atoms with E-state index in [9.17, 15) is 14.4 Å². The van der Waals surface area contributed by atoms with Gasteiger partial charge in [0.1, 0.15) is 11.8 Å². The average Bonchev–Trinajstić information content (AvgIpc) is 2.67. The van der Waals surface area contributed by atoms with Gasteiger partial charge in [0.05, 0.1) is 6.61 Å². The van der Waals surface area contributed by atoms with Gasteiger partial charge in [-0.05, 0) is 62.4 Å². The molecule has 0 aliphatic rings. The molecule has 0 unspecified atom stereocenters. The molecule has 0 radical (unpaired) electrons. The van der Waals surface area contributed by atoms with Crippen LogP contribution in [-0.4, -0.2) is 36.9 Å². The number of benzene rings is 2. The highest BCUT2D eigenvalue weighted by Crippen LogP contribution is 2.13. The molecule has 7 heteroatoms. The summed E-state index contributed by atoms with van der Waals surface area (Å²) in [5.41, 5.74) is 0.772. The first kappa shape index (κ1) is 20.5. The molecule has 2 rings (SSSR count). The van der Waals surface area contributed by atoms with Gasteiger partial charge in [0.2, 0.25) is 0 Å². The topological polar surface area (TPSA) is 81.7 Å². The van der Waals surface area contributed by atoms with Crippen molar-refractivity contribution in [3.63, 3.8) is 0 Å². The minimum absolute atomic E-state index is 0.345. The molecule has 0 saturated carbocycles. The Morgan fingerprint density at radius 2 is 1.59 bits per heavy atom. The van der Waals surface area contributed by atoms with Crippen LogP contribution in [-0.2, 0) is 9.53 Å². The Kier molecular flexibility index (Phi) is 7.37. The van der Waals surface area contributed by atoms with Crippen LogP contribution in [0.4, 0.5) is 0 Å². The monoisotopic (exact) mass is 389 g/mol. The lowest BCUT2D eigenvalue weighted by Gasteiger charge is -2.13. The van der Waals surface area contributed by atoms with Crippen LogP contribution in [0.1, 0.15) is 34.6 Å². The molecule has 1 amide bonds. The van der Waals surface area contributed by atoms with Crippen LogP contribution in [0.15, 0.2) is 48.5 Å². The lowest BCUT2D eigenvalue weighted by Crippen LogP contribution is -2.40. The number of esters is 1. The van der Waals surface area contributed by atoms with Crippen molar-refractivity contribution < 1.29 is 23.9 Å². The van der Waals surface area contributed by atoms with Crippen LogP contribution in [0.25, 0.3) is 0 Å². The predicted molar refractivity (Wildman–Crippen MR) is 101 cm³/mol. The van der Waals surface area contributed by atoms with Crippen molar-refractivity contribution in [2.75, 3.05) is 13.2 Å². The fourth-order valence-electron chi connectivity index (χ4n) is 2.19. The molecule has 0 bridgehead atoms. The molecule has 27 heavy (non-hydrogen) atoms. The summed E-state index contributed by atoms with van der Waals surface area (Å²) in [6, 6.07) is 11.9. The van der Waals surface area contributed by atoms with Crippen molar-refractivity contribution in [1.29, 1.82) is 0 Å². The Hall–Kier alpha value is -2.86. The van der Waals surface area contributed by atoms with Crippen LogP contribution < -0.4 is 10.1 Å². The van der Waals surface area contributed by atoms with Gasteiger partial charge in [-0.2, -0.15) is 0 Å². The molecule has 0 heterocycles. The number of amides is 1. The van der Waals surface area contributed by atoms with E-state index in [1.54, 1.807) is 48.5 Å². The SMILES string of the molecule is CCOc1ccc(C(=O)COC(=O)[C@H](C)NC(=O)c2ccc(Cl)cc2)cc1. The molecule has 6 nitrogen and oxygen atoms in total. The molecule has 0 spiro atoms. The Morgan fingerprint density at radius 3 is 2.19 bits per heavy atom. The van der Waals surface area contributed by atoms with E-state index in [1.165, 1.54) is 6.92 Å². The van der Waals surface area contributed by atoms with Crippen molar-refractivity contribution in [3.05, 3.63) is 64.7 Å². The Morgan fingerprint density at radius 1 is 1.00 bits per heavy atom. The van der Waals surface area contributed by atoms with Gasteiger partial charge in [-0.1, -0.05) is 11.6 Å². The molecule has 1 atom stereocenters. The summed E-state index contributed by atoms with van der Waals surface area (Å²) in [7, 11) is 0. The maximum Gasteiger partial charge on any atom is 0.328 e. The Balaban J connectivity index is 1.84. The first-order valence-corrected chi connectivity index (χ1v) is 8.77. The number of carbonyl (C=O) groups is 3. The van der Waals surface area contributed by atoms with Gasteiger partial charge in [-0.15, -0.1) is 0 Å². The first-order chi connectivity index (χ1) is 12.9. The summed E-state index contributed by atoms with van der Waals surface area (Å²) >= 11 is 5.77. The van der Waals surface area contributed by atoms with Crippen molar-refractivity contribution in [1.82, 2.24) is 5.32 Å². The molecule has 2 aromatic carbocycles. The van der Waals surface area contributed by atoms with E-state index >= 15 is 0 Å². The molecule has 0 aliphatic heterocycles. The predicted octanol–water partition coefficient (Wildman–Crippen LogP) is 3.28. The third-order valence-corrected chi connectivity index (χ3v) is 3.89. The molecule has 0 fully saturated rings. The second kappa shape index (κ2) is 9.73. The maximum absolute atomic E-state index is 12.1. The number of ketones is 1. The first-order valence-electron chi connectivity index (χ1n) is 8.40. The summed E-state index contributed by atoms with van der Waals surface area (Å²) in [5, 5.41) is 3.02. The molecule has 0 aliphatic carbocycles. The van der Waals surface area contributed by atoms with Crippen molar-refractivity contribution in [2.24, 2.45) is 0 Å². The Labute approximate surface area is 162 Å². The van der Waals surface area contributed by atoms with Crippen molar-refractivity contribution in [3.8, 4) is 5.75 Å². The smallest absolute Gasteiger partial charge is 0.328 e. The zero-order valence-electron chi connectivity index (χ0n) is 15.0. The molecule has 0 saturated heterocycles. The zero-order valence-corrected chi connectivity index (χ0v) is 15.8. The molecule has 1 N–H and O–H groups in total. The highest BCUT2D eigenvalue weighted by Gasteiger charge is 2.19. The van der Waals surface area contributed by atoms with Crippen LogP contribution >= 0.6 is 11.6 Å². The lowest BCUT2D eigenvalue weighted by molar-refractivity contribution is -0.144. The van der Waals surface area contributed by atoms with Crippen LogP contribution in [0, 0.1) is 0 Å². The van der Waals surface area contributed by atoms with Gasteiger partial charge in [0.25, 0.3) is 5.91 Å². The van der Waals surface area contributed by atoms with Crippen molar-refractivity contribution >= 4 is 29.3 Å². The lowest BCUT2D eigenvalue weighted by atomic mass is 10.1. The maximum atomic E-state index is 12.1. The third-order valence-electron chi connectivity index (χ3n) is 3.64. The molecule has 142 valence electrons. The second-order valence-corrected chi connectivity index (χ2v) is 6.13. The van der Waals surface area contributed by atoms with Gasteiger partial charge >= 0.3 is 5.97 Å². The van der Waals surface area contributed by atoms with E-state index in [2.05, 4.69) is 5.32 Å². The second-order valence-electron chi connectivity index (χ2n) is 5.69. The highest BCUT2D eigenvalue weighted by atomic mass is 35.5. The highest BCUT2D eigenvalue weighted by molar-refractivity contribution is 6.30. The van der Waals surface area contributed by atoms with Gasteiger partial charge < -0.3 is 14.8 Å². The number of ether oxygens (including phenoxy) is 2. The van der Waals surface area contributed by atoms with Gasteiger partial charge in [0.15, 0.2) is 12.4 Å². The summed E-state index contributed by atoms with van der Waals surface area (Å²) in [6.07, 6.45) is 0. The fourth-order valence-corrected chi connectivity index (χ4v) is 2.31. The minimum Gasteiger partial charge on any atom is -0.494 e. The number of carbonyl (C=O) groups excluding carboxylic acids is 3. The van der Waals surface area contributed by atoms with Gasteiger partial charge in [-0.3, -0.25) is 9.59 Å². The fraction of sp³-hybridized carbons (Fsp3) is 0.250. The van der Waals surface area contributed by atoms with E-state index in [1.807, 2.05) is 6.92 Å². The van der Waals surface area contributed by atoms with Crippen molar-refractivity contribution in [2.45, 2.75) is 19.9 Å². The zero-order chi connectivity index (χ0) is 19.8. The summed E-state index contributed by atoms with van der Waals surface area (Å²) in [4.78, 5) is 36.2. The third kappa shape index (κ3) is 6.11. The van der Waals surface area contributed by atoms with Crippen LogP contribution in [0.5, 0.6) is 5.75 Å². The summed E-state index contributed by atoms with van der Waals surface area (Å²) < 4.78 is 10.3. The molecular weight excluding hydrogens is 370 g/mol. The van der Waals surface area contributed by atoms with Gasteiger partial charge in [-0.25, -0.2) is 4.79 Å². The quantitative estimate of drug-likeness (QED) is 0.553. The molecule has 0 aromatic heterocycles. The largest absolute Gasteiger partial charge is 0.494 e. The Bertz CT molecular complexity index is 802. The normalized spacial score (nSPS) is 11.4. The molecule has 2 aromatic rings. The van der Waals surface area contributed by atoms with E-state index < -0.39 is 24.5 Å². The average molecular weight is 390 g/mol. The summed E-state index contributed by atoms with van der Waals surface area (Å²) in [6.45, 7) is 3.47. The van der Waals surface area contributed by atoms with E-state index in [0.29, 0.717) is 28.5 Å². The summed E-state index contributed by atoms with van der Waals surface area (Å²) in [5.74, 6) is -0.822. The standard InChI is InChI=1S/C20H20ClNO5/c1-3-26-17-10-6-14(7-11-17)18(23)12-27-20(25)13(2)22-19(24)15-4-8-16(21)9-5-15/h4-11,13H,3,12H2,1-2H3,(H,22,24)/t13-/m0/s1. The number of rotatable bonds is 8. The number of halogens is 1. The van der Waals surface area contributed by atoms with Crippen LogP contribution in [0.3, 0.4) is 0 Å². The number of Topliss-reactive ketones (excluding diaryl/α,β-unsaturated/α-hetero) is 1. The molecular formula is C20H20ClNO5.